The molecule has 1 aromatic carbocycles. The quantitative estimate of drug-likeness (QED) is 0.843. The fourth-order valence-corrected chi connectivity index (χ4v) is 2.69. The zero-order chi connectivity index (χ0) is 12.3. The lowest BCUT2D eigenvalue weighted by Gasteiger charge is -2.22. The van der Waals surface area contributed by atoms with Crippen molar-refractivity contribution in [2.45, 2.75) is 38.3 Å². The Morgan fingerprint density at radius 1 is 1.41 bits per heavy atom. The van der Waals surface area contributed by atoms with E-state index in [2.05, 4.69) is 12.2 Å². The third-order valence-corrected chi connectivity index (χ3v) is 3.65. The van der Waals surface area contributed by atoms with E-state index in [-0.39, 0.29) is 11.9 Å². The predicted molar refractivity (Wildman–Crippen MR) is 68.1 cm³/mol. The fourth-order valence-electron chi connectivity index (χ4n) is 2.69. The molecular formula is C14H21FN2. The van der Waals surface area contributed by atoms with Gasteiger partial charge in [0.1, 0.15) is 5.82 Å². The molecule has 1 aliphatic rings. The second-order valence-corrected chi connectivity index (χ2v) is 5.09. The van der Waals surface area contributed by atoms with Gasteiger partial charge in [0, 0.05) is 24.2 Å². The van der Waals surface area contributed by atoms with Crippen molar-refractivity contribution < 1.29 is 4.39 Å². The number of rotatable bonds is 4. The molecule has 0 bridgehead atoms. The van der Waals surface area contributed by atoms with Crippen LogP contribution in [-0.2, 0) is 0 Å². The van der Waals surface area contributed by atoms with Crippen molar-refractivity contribution >= 4 is 0 Å². The van der Waals surface area contributed by atoms with Gasteiger partial charge in [0.15, 0.2) is 0 Å². The summed E-state index contributed by atoms with van der Waals surface area (Å²) in [5, 5.41) is 3.49. The van der Waals surface area contributed by atoms with Gasteiger partial charge >= 0.3 is 0 Å². The van der Waals surface area contributed by atoms with Gasteiger partial charge in [0.25, 0.3) is 0 Å². The molecule has 1 saturated carbocycles. The van der Waals surface area contributed by atoms with E-state index in [0.29, 0.717) is 18.2 Å². The van der Waals surface area contributed by atoms with Gasteiger partial charge in [-0.1, -0.05) is 25.1 Å². The molecule has 1 aliphatic carbocycles. The highest BCUT2D eigenvalue weighted by Gasteiger charge is 2.24. The summed E-state index contributed by atoms with van der Waals surface area (Å²) in [4.78, 5) is 0. The van der Waals surface area contributed by atoms with Gasteiger partial charge in [0.05, 0.1) is 0 Å². The van der Waals surface area contributed by atoms with E-state index >= 15 is 0 Å². The SMILES string of the molecule is CC1CCC(NC(CN)c2ccccc2F)C1. The minimum Gasteiger partial charge on any atom is -0.329 e. The van der Waals surface area contributed by atoms with Crippen LogP contribution in [0.2, 0.25) is 0 Å². The van der Waals surface area contributed by atoms with Gasteiger partial charge in [0.2, 0.25) is 0 Å². The summed E-state index contributed by atoms with van der Waals surface area (Å²) >= 11 is 0. The number of nitrogens with two attached hydrogens (primary N) is 1. The van der Waals surface area contributed by atoms with Crippen LogP contribution in [0.4, 0.5) is 4.39 Å². The van der Waals surface area contributed by atoms with Crippen LogP contribution in [0.5, 0.6) is 0 Å². The van der Waals surface area contributed by atoms with E-state index in [9.17, 15) is 4.39 Å². The van der Waals surface area contributed by atoms with Crippen LogP contribution in [0.1, 0.15) is 37.8 Å². The van der Waals surface area contributed by atoms with Gasteiger partial charge in [-0.05, 0) is 31.2 Å². The molecule has 3 heteroatoms. The Bertz CT molecular complexity index is 367. The normalized spacial score (nSPS) is 26.1. The molecule has 1 aromatic rings. The smallest absolute Gasteiger partial charge is 0.128 e. The van der Waals surface area contributed by atoms with Crippen molar-refractivity contribution in [1.82, 2.24) is 5.32 Å². The first-order chi connectivity index (χ1) is 8.20. The number of nitrogens with one attached hydrogen (secondary N) is 1. The summed E-state index contributed by atoms with van der Waals surface area (Å²) < 4.78 is 13.7. The Morgan fingerprint density at radius 2 is 2.18 bits per heavy atom. The second-order valence-electron chi connectivity index (χ2n) is 5.09. The highest BCUT2D eigenvalue weighted by molar-refractivity contribution is 5.21. The molecule has 17 heavy (non-hydrogen) atoms. The summed E-state index contributed by atoms with van der Waals surface area (Å²) in [6.45, 7) is 2.70. The maximum atomic E-state index is 13.7. The average Bonchev–Trinajstić information content (AvgIpc) is 2.73. The highest BCUT2D eigenvalue weighted by Crippen LogP contribution is 2.27. The molecule has 2 nitrogen and oxygen atoms in total. The molecule has 0 amide bonds. The lowest BCUT2D eigenvalue weighted by atomic mass is 10.0. The van der Waals surface area contributed by atoms with Crippen LogP contribution in [0.3, 0.4) is 0 Å². The molecule has 3 N–H and O–H groups in total. The lowest BCUT2D eigenvalue weighted by Crippen LogP contribution is -2.35. The van der Waals surface area contributed by atoms with Gasteiger partial charge in [-0.2, -0.15) is 0 Å². The van der Waals surface area contributed by atoms with E-state index in [0.717, 1.165) is 5.92 Å². The number of hydrogen-bond donors (Lipinski definition) is 2. The first kappa shape index (κ1) is 12.5. The third kappa shape index (κ3) is 3.05. The molecule has 3 atom stereocenters. The van der Waals surface area contributed by atoms with Crippen molar-refractivity contribution in [2.24, 2.45) is 11.7 Å². The molecule has 0 spiro atoms. The molecule has 1 fully saturated rings. The Hall–Kier alpha value is -0.930. The molecule has 0 heterocycles. The van der Waals surface area contributed by atoms with E-state index < -0.39 is 0 Å². The molecule has 0 aliphatic heterocycles. The van der Waals surface area contributed by atoms with Crippen LogP contribution in [0.25, 0.3) is 0 Å². The van der Waals surface area contributed by atoms with Crippen LogP contribution in [0, 0.1) is 11.7 Å². The first-order valence-corrected chi connectivity index (χ1v) is 6.41. The van der Waals surface area contributed by atoms with Gasteiger partial charge in [-0.25, -0.2) is 4.39 Å². The third-order valence-electron chi connectivity index (χ3n) is 3.65. The zero-order valence-electron chi connectivity index (χ0n) is 10.3. The largest absolute Gasteiger partial charge is 0.329 e. The molecule has 94 valence electrons. The van der Waals surface area contributed by atoms with E-state index in [1.807, 2.05) is 12.1 Å². The standard InChI is InChI=1S/C14H21FN2/c1-10-6-7-11(8-10)17-14(9-16)12-4-2-3-5-13(12)15/h2-5,10-11,14,17H,6-9,16H2,1H3. The minimum absolute atomic E-state index is 0.0634. The van der Waals surface area contributed by atoms with Crippen LogP contribution >= 0.6 is 0 Å². The van der Waals surface area contributed by atoms with Crippen molar-refractivity contribution in [3.05, 3.63) is 35.6 Å². The molecule has 3 unspecified atom stereocenters. The van der Waals surface area contributed by atoms with Crippen LogP contribution in [-0.4, -0.2) is 12.6 Å². The van der Waals surface area contributed by atoms with E-state index in [1.165, 1.54) is 25.3 Å². The summed E-state index contributed by atoms with van der Waals surface area (Å²) in [6.07, 6.45) is 3.60. The van der Waals surface area contributed by atoms with Crippen LogP contribution in [0.15, 0.2) is 24.3 Å². The monoisotopic (exact) mass is 236 g/mol. The zero-order valence-corrected chi connectivity index (χ0v) is 10.3. The summed E-state index contributed by atoms with van der Waals surface area (Å²) in [7, 11) is 0. The van der Waals surface area contributed by atoms with E-state index in [1.54, 1.807) is 6.07 Å². The van der Waals surface area contributed by atoms with Crippen molar-refractivity contribution in [2.75, 3.05) is 6.54 Å². The van der Waals surface area contributed by atoms with Crippen molar-refractivity contribution in [3.63, 3.8) is 0 Å². The van der Waals surface area contributed by atoms with E-state index in [4.69, 9.17) is 5.73 Å². The number of hydrogen-bond acceptors (Lipinski definition) is 2. The predicted octanol–water partition coefficient (Wildman–Crippen LogP) is 2.60. The molecular weight excluding hydrogens is 215 g/mol. The lowest BCUT2D eigenvalue weighted by molar-refractivity contribution is 0.423. The van der Waals surface area contributed by atoms with Gasteiger partial charge in [-0.15, -0.1) is 0 Å². The average molecular weight is 236 g/mol. The summed E-state index contributed by atoms with van der Waals surface area (Å²) in [6, 6.07) is 7.31. The minimum atomic E-state index is -0.165. The maximum absolute atomic E-state index is 13.7. The Morgan fingerprint density at radius 3 is 2.76 bits per heavy atom. The maximum Gasteiger partial charge on any atom is 0.128 e. The fraction of sp³-hybridized carbons (Fsp3) is 0.571. The second kappa shape index (κ2) is 5.61. The van der Waals surface area contributed by atoms with Crippen molar-refractivity contribution in [3.8, 4) is 0 Å². The Balaban J connectivity index is 2.04. The summed E-state index contributed by atoms with van der Waals surface area (Å²) in [5.41, 5.74) is 6.45. The van der Waals surface area contributed by atoms with Gasteiger partial charge in [-0.3, -0.25) is 0 Å². The Kier molecular flexibility index (Phi) is 4.13. The summed E-state index contributed by atoms with van der Waals surface area (Å²) in [5.74, 6) is 0.605. The first-order valence-electron chi connectivity index (χ1n) is 6.41. The molecule has 2 rings (SSSR count). The molecule has 0 radical (unpaired) electrons. The van der Waals surface area contributed by atoms with Crippen molar-refractivity contribution in [1.29, 1.82) is 0 Å². The van der Waals surface area contributed by atoms with Gasteiger partial charge < -0.3 is 11.1 Å². The Labute approximate surface area is 102 Å². The molecule has 0 aromatic heterocycles. The number of benzene rings is 1. The topological polar surface area (TPSA) is 38.0 Å². The molecule has 0 saturated heterocycles. The van der Waals surface area contributed by atoms with Crippen LogP contribution < -0.4 is 11.1 Å². The highest BCUT2D eigenvalue weighted by atomic mass is 19.1. The number of halogens is 1.